The molecular formula is C16H24O2. The van der Waals surface area contributed by atoms with Crippen molar-refractivity contribution in [3.8, 4) is 0 Å². The van der Waals surface area contributed by atoms with Crippen LogP contribution in [0.2, 0.25) is 0 Å². The Morgan fingerprint density at radius 2 is 2.06 bits per heavy atom. The molecule has 0 N–H and O–H groups in total. The Hall–Kier alpha value is -1.15. The first-order valence-electron chi connectivity index (χ1n) is 6.73. The summed E-state index contributed by atoms with van der Waals surface area (Å²) in [6.07, 6.45) is 2.10. The van der Waals surface area contributed by atoms with E-state index >= 15 is 0 Å². The minimum atomic E-state index is 0.255. The average molecular weight is 248 g/mol. The van der Waals surface area contributed by atoms with Crippen molar-refractivity contribution in [1.29, 1.82) is 0 Å². The summed E-state index contributed by atoms with van der Waals surface area (Å²) in [5, 5.41) is 0. The molecule has 2 nitrogen and oxygen atoms in total. The van der Waals surface area contributed by atoms with E-state index in [0.717, 1.165) is 18.6 Å². The van der Waals surface area contributed by atoms with Gasteiger partial charge in [-0.15, -0.1) is 0 Å². The van der Waals surface area contributed by atoms with Gasteiger partial charge in [-0.25, -0.2) is 0 Å². The van der Waals surface area contributed by atoms with E-state index in [1.54, 1.807) is 0 Å². The van der Waals surface area contributed by atoms with Crippen LogP contribution in [0.3, 0.4) is 0 Å². The maximum atomic E-state index is 11.7. The molecule has 0 aliphatic rings. The number of hydrogen-bond donors (Lipinski definition) is 0. The van der Waals surface area contributed by atoms with E-state index in [0.29, 0.717) is 25.4 Å². The Labute approximate surface area is 110 Å². The van der Waals surface area contributed by atoms with Crippen molar-refractivity contribution in [3.63, 3.8) is 0 Å². The average Bonchev–Trinajstić information content (AvgIpc) is 2.28. The van der Waals surface area contributed by atoms with Crippen molar-refractivity contribution in [2.24, 2.45) is 5.92 Å². The lowest BCUT2D eigenvalue weighted by Gasteiger charge is -2.06. The molecular weight excluding hydrogens is 224 g/mol. The van der Waals surface area contributed by atoms with Crippen molar-refractivity contribution < 1.29 is 9.53 Å². The molecule has 0 saturated heterocycles. The zero-order valence-electron chi connectivity index (χ0n) is 11.7. The van der Waals surface area contributed by atoms with Gasteiger partial charge in [0.1, 0.15) is 5.78 Å². The third-order valence-corrected chi connectivity index (χ3v) is 2.85. The Morgan fingerprint density at radius 1 is 1.28 bits per heavy atom. The minimum Gasteiger partial charge on any atom is -0.381 e. The summed E-state index contributed by atoms with van der Waals surface area (Å²) in [7, 11) is 0. The number of carbonyl (C=O) groups excluding carboxylic acids is 1. The standard InChI is InChI=1S/C16H24O2/c1-13(2)7-9-18-10-8-16(17)12-15-6-4-5-14(3)11-15/h4-6,11,13H,7-10,12H2,1-3H3. The van der Waals surface area contributed by atoms with Crippen LogP contribution >= 0.6 is 0 Å². The highest BCUT2D eigenvalue weighted by Gasteiger charge is 2.04. The summed E-state index contributed by atoms with van der Waals surface area (Å²) in [4.78, 5) is 11.7. The maximum Gasteiger partial charge on any atom is 0.139 e. The predicted molar refractivity (Wildman–Crippen MR) is 74.8 cm³/mol. The van der Waals surface area contributed by atoms with E-state index in [1.165, 1.54) is 5.56 Å². The molecule has 1 rings (SSSR count). The van der Waals surface area contributed by atoms with Gasteiger partial charge in [0.15, 0.2) is 0 Å². The van der Waals surface area contributed by atoms with Gasteiger partial charge in [0, 0.05) is 19.4 Å². The number of ether oxygens (including phenoxy) is 1. The van der Waals surface area contributed by atoms with E-state index < -0.39 is 0 Å². The van der Waals surface area contributed by atoms with Crippen LogP contribution in [0.1, 0.15) is 37.8 Å². The summed E-state index contributed by atoms with van der Waals surface area (Å²) >= 11 is 0. The molecule has 0 atom stereocenters. The zero-order chi connectivity index (χ0) is 13.4. The highest BCUT2D eigenvalue weighted by Crippen LogP contribution is 2.06. The van der Waals surface area contributed by atoms with E-state index in [-0.39, 0.29) is 5.78 Å². The van der Waals surface area contributed by atoms with Crippen molar-refractivity contribution in [3.05, 3.63) is 35.4 Å². The lowest BCUT2D eigenvalue weighted by Crippen LogP contribution is -2.08. The van der Waals surface area contributed by atoms with Crippen LogP contribution in [-0.2, 0) is 16.0 Å². The monoisotopic (exact) mass is 248 g/mol. The van der Waals surface area contributed by atoms with Gasteiger partial charge in [0.25, 0.3) is 0 Å². The van der Waals surface area contributed by atoms with Crippen LogP contribution in [0, 0.1) is 12.8 Å². The van der Waals surface area contributed by atoms with Crippen molar-refractivity contribution in [2.75, 3.05) is 13.2 Å². The lowest BCUT2D eigenvalue weighted by atomic mass is 10.1. The van der Waals surface area contributed by atoms with E-state index in [1.807, 2.05) is 25.1 Å². The Kier molecular flexibility index (Phi) is 6.66. The largest absolute Gasteiger partial charge is 0.381 e. The molecule has 0 aliphatic heterocycles. The number of ketones is 1. The van der Waals surface area contributed by atoms with Gasteiger partial charge < -0.3 is 4.74 Å². The molecule has 0 aliphatic carbocycles. The summed E-state index contributed by atoms with van der Waals surface area (Å²) in [6.45, 7) is 7.70. The molecule has 2 heteroatoms. The topological polar surface area (TPSA) is 26.3 Å². The Bertz CT molecular complexity index is 369. The highest BCUT2D eigenvalue weighted by molar-refractivity contribution is 5.80. The first-order valence-corrected chi connectivity index (χ1v) is 6.73. The molecule has 18 heavy (non-hydrogen) atoms. The summed E-state index contributed by atoms with van der Waals surface area (Å²) in [5.41, 5.74) is 2.30. The zero-order valence-corrected chi connectivity index (χ0v) is 11.7. The van der Waals surface area contributed by atoms with Crippen molar-refractivity contribution in [2.45, 2.75) is 40.0 Å². The van der Waals surface area contributed by atoms with Crippen LogP contribution in [0.25, 0.3) is 0 Å². The normalized spacial score (nSPS) is 10.9. The molecule has 0 heterocycles. The van der Waals surface area contributed by atoms with Gasteiger partial charge in [-0.3, -0.25) is 4.79 Å². The van der Waals surface area contributed by atoms with Gasteiger partial charge in [0.05, 0.1) is 6.61 Å². The number of benzene rings is 1. The van der Waals surface area contributed by atoms with Crippen LogP contribution in [0.15, 0.2) is 24.3 Å². The number of carbonyl (C=O) groups is 1. The molecule has 0 bridgehead atoms. The lowest BCUT2D eigenvalue weighted by molar-refractivity contribution is -0.119. The van der Waals surface area contributed by atoms with Gasteiger partial charge in [-0.2, -0.15) is 0 Å². The van der Waals surface area contributed by atoms with Gasteiger partial charge >= 0.3 is 0 Å². The van der Waals surface area contributed by atoms with E-state index in [9.17, 15) is 4.79 Å². The van der Waals surface area contributed by atoms with Crippen molar-refractivity contribution >= 4 is 5.78 Å². The highest BCUT2D eigenvalue weighted by atomic mass is 16.5. The molecule has 1 aromatic rings. The molecule has 0 aromatic heterocycles. The summed E-state index contributed by atoms with van der Waals surface area (Å²) in [6, 6.07) is 8.11. The van der Waals surface area contributed by atoms with E-state index in [4.69, 9.17) is 4.74 Å². The third kappa shape index (κ3) is 6.55. The molecule has 0 spiro atoms. The quantitative estimate of drug-likeness (QED) is 0.657. The van der Waals surface area contributed by atoms with E-state index in [2.05, 4.69) is 19.9 Å². The number of rotatable bonds is 8. The molecule has 0 amide bonds. The Morgan fingerprint density at radius 3 is 2.72 bits per heavy atom. The first-order chi connectivity index (χ1) is 8.58. The third-order valence-electron chi connectivity index (χ3n) is 2.85. The first kappa shape index (κ1) is 14.9. The summed E-state index contributed by atoms with van der Waals surface area (Å²) in [5.74, 6) is 0.915. The van der Waals surface area contributed by atoms with Crippen molar-refractivity contribution in [1.82, 2.24) is 0 Å². The molecule has 0 saturated carbocycles. The maximum absolute atomic E-state index is 11.7. The fraction of sp³-hybridized carbons (Fsp3) is 0.562. The molecule has 0 radical (unpaired) electrons. The van der Waals surface area contributed by atoms with Crippen LogP contribution in [0.4, 0.5) is 0 Å². The van der Waals surface area contributed by atoms with Crippen LogP contribution < -0.4 is 0 Å². The second-order valence-corrected chi connectivity index (χ2v) is 5.25. The number of hydrogen-bond acceptors (Lipinski definition) is 2. The molecule has 0 unspecified atom stereocenters. The molecule has 1 aromatic carbocycles. The van der Waals surface area contributed by atoms with Gasteiger partial charge in [-0.05, 0) is 24.8 Å². The number of aryl methyl sites for hydroxylation is 1. The van der Waals surface area contributed by atoms with Gasteiger partial charge in [0.2, 0.25) is 0 Å². The van der Waals surface area contributed by atoms with Crippen LogP contribution in [0.5, 0.6) is 0 Å². The van der Waals surface area contributed by atoms with Gasteiger partial charge in [-0.1, -0.05) is 43.7 Å². The molecule has 0 fully saturated rings. The summed E-state index contributed by atoms with van der Waals surface area (Å²) < 4.78 is 5.46. The van der Waals surface area contributed by atoms with Crippen LogP contribution in [-0.4, -0.2) is 19.0 Å². The fourth-order valence-electron chi connectivity index (χ4n) is 1.75. The second kappa shape index (κ2) is 8.04. The smallest absolute Gasteiger partial charge is 0.139 e. The fourth-order valence-corrected chi connectivity index (χ4v) is 1.75. The minimum absolute atomic E-state index is 0.255. The molecule has 100 valence electrons. The predicted octanol–water partition coefficient (Wildman–Crippen LogP) is 3.56. The Balaban J connectivity index is 2.18. The number of Topliss-reactive ketones (excluding diaryl/α,β-unsaturated/α-hetero) is 1. The second-order valence-electron chi connectivity index (χ2n) is 5.25. The SMILES string of the molecule is Cc1cccc(CC(=O)CCOCCC(C)C)c1.